The molecule has 0 atom stereocenters. The maximum atomic E-state index is 12.5. The molecule has 1 aliphatic heterocycles. The molecule has 2 aromatic rings. The van der Waals surface area contributed by atoms with Crippen molar-refractivity contribution in [2.45, 2.75) is 6.29 Å². The lowest BCUT2D eigenvalue weighted by Crippen LogP contribution is -2.05. The third-order valence-corrected chi connectivity index (χ3v) is 3.49. The van der Waals surface area contributed by atoms with E-state index in [4.69, 9.17) is 21.1 Å². The van der Waals surface area contributed by atoms with Gasteiger partial charge in [-0.2, -0.15) is 0 Å². The van der Waals surface area contributed by atoms with Crippen LogP contribution in [0, 0.1) is 0 Å². The molecule has 0 aliphatic carbocycles. The van der Waals surface area contributed by atoms with Crippen LogP contribution in [-0.4, -0.2) is 19.0 Å². The van der Waals surface area contributed by atoms with Crippen molar-refractivity contribution >= 4 is 17.4 Å². The van der Waals surface area contributed by atoms with Gasteiger partial charge in [-0.1, -0.05) is 41.9 Å². The molecule has 20 heavy (non-hydrogen) atoms. The van der Waals surface area contributed by atoms with E-state index in [1.165, 1.54) is 0 Å². The summed E-state index contributed by atoms with van der Waals surface area (Å²) in [7, 11) is 0. The zero-order chi connectivity index (χ0) is 13.9. The maximum absolute atomic E-state index is 12.5. The first kappa shape index (κ1) is 13.3. The summed E-state index contributed by atoms with van der Waals surface area (Å²) in [6.45, 7) is 1.15. The molecule has 1 aliphatic rings. The van der Waals surface area contributed by atoms with Crippen molar-refractivity contribution in [3.05, 3.63) is 70.2 Å². The lowest BCUT2D eigenvalue weighted by molar-refractivity contribution is -0.0441. The molecule has 4 heteroatoms. The van der Waals surface area contributed by atoms with Crippen LogP contribution >= 0.6 is 11.6 Å². The van der Waals surface area contributed by atoms with Crippen molar-refractivity contribution < 1.29 is 14.3 Å². The van der Waals surface area contributed by atoms with E-state index in [9.17, 15) is 4.79 Å². The van der Waals surface area contributed by atoms with Crippen LogP contribution in [0.2, 0.25) is 5.02 Å². The number of carbonyl (C=O) groups excluding carboxylic acids is 1. The summed E-state index contributed by atoms with van der Waals surface area (Å²) >= 11 is 6.07. The fraction of sp³-hybridized carbons (Fsp3) is 0.188. The fourth-order valence-corrected chi connectivity index (χ4v) is 2.40. The number of hydrogen-bond acceptors (Lipinski definition) is 3. The highest BCUT2D eigenvalue weighted by atomic mass is 35.5. The van der Waals surface area contributed by atoms with Gasteiger partial charge in [0.1, 0.15) is 0 Å². The summed E-state index contributed by atoms with van der Waals surface area (Å²) in [5.74, 6) is -0.101. The normalized spacial score (nSPS) is 15.4. The molecule has 0 bridgehead atoms. The lowest BCUT2D eigenvalue weighted by Gasteiger charge is -2.11. The standard InChI is InChI=1S/C16H13ClO3/c17-14-7-2-1-6-13(14)15(18)11-4-3-5-12(10-11)16-19-8-9-20-16/h1-7,10,16H,8-9H2. The minimum Gasteiger partial charge on any atom is -0.346 e. The van der Waals surface area contributed by atoms with Crippen molar-refractivity contribution in [3.8, 4) is 0 Å². The van der Waals surface area contributed by atoms with Gasteiger partial charge >= 0.3 is 0 Å². The van der Waals surface area contributed by atoms with Gasteiger partial charge in [-0.3, -0.25) is 4.79 Å². The van der Waals surface area contributed by atoms with Gasteiger partial charge in [-0.25, -0.2) is 0 Å². The first-order chi connectivity index (χ1) is 9.75. The molecule has 102 valence electrons. The average molecular weight is 289 g/mol. The molecule has 1 saturated heterocycles. The highest BCUT2D eigenvalue weighted by Crippen LogP contribution is 2.25. The van der Waals surface area contributed by atoms with Crippen molar-refractivity contribution in [2.75, 3.05) is 13.2 Å². The molecule has 0 radical (unpaired) electrons. The summed E-state index contributed by atoms with van der Waals surface area (Å²) < 4.78 is 10.9. The van der Waals surface area contributed by atoms with Crippen LogP contribution in [0.1, 0.15) is 27.8 Å². The lowest BCUT2D eigenvalue weighted by atomic mass is 10.0. The number of ether oxygens (including phenoxy) is 2. The van der Waals surface area contributed by atoms with Gasteiger partial charge in [0.2, 0.25) is 0 Å². The zero-order valence-electron chi connectivity index (χ0n) is 10.7. The molecule has 0 saturated carbocycles. The summed E-state index contributed by atoms with van der Waals surface area (Å²) in [6, 6.07) is 14.3. The van der Waals surface area contributed by atoms with Gasteiger partial charge in [-0.15, -0.1) is 0 Å². The van der Waals surface area contributed by atoms with Crippen molar-refractivity contribution in [3.63, 3.8) is 0 Å². The Morgan fingerprint density at radius 2 is 1.80 bits per heavy atom. The predicted molar refractivity (Wildman–Crippen MR) is 76.0 cm³/mol. The van der Waals surface area contributed by atoms with Crippen LogP contribution in [0.25, 0.3) is 0 Å². The monoisotopic (exact) mass is 288 g/mol. The van der Waals surface area contributed by atoms with Crippen molar-refractivity contribution in [1.82, 2.24) is 0 Å². The minimum absolute atomic E-state index is 0.101. The molecule has 2 aromatic carbocycles. The van der Waals surface area contributed by atoms with Crippen LogP contribution in [0.3, 0.4) is 0 Å². The average Bonchev–Trinajstić information content (AvgIpc) is 3.01. The van der Waals surface area contributed by atoms with Crippen LogP contribution in [0.4, 0.5) is 0 Å². The molecule has 3 nitrogen and oxygen atoms in total. The number of ketones is 1. The van der Waals surface area contributed by atoms with E-state index < -0.39 is 0 Å². The molecule has 0 amide bonds. The Morgan fingerprint density at radius 1 is 1.05 bits per heavy atom. The number of rotatable bonds is 3. The van der Waals surface area contributed by atoms with E-state index in [2.05, 4.69) is 0 Å². The smallest absolute Gasteiger partial charge is 0.194 e. The van der Waals surface area contributed by atoms with Crippen molar-refractivity contribution in [2.24, 2.45) is 0 Å². The Morgan fingerprint density at radius 3 is 2.55 bits per heavy atom. The van der Waals surface area contributed by atoms with E-state index >= 15 is 0 Å². The Balaban J connectivity index is 1.92. The second-order valence-electron chi connectivity index (χ2n) is 4.51. The first-order valence-electron chi connectivity index (χ1n) is 6.38. The molecule has 3 rings (SSSR count). The van der Waals surface area contributed by atoms with Gasteiger partial charge in [0.15, 0.2) is 12.1 Å². The Bertz CT molecular complexity index is 633. The second kappa shape index (κ2) is 5.75. The maximum Gasteiger partial charge on any atom is 0.194 e. The zero-order valence-corrected chi connectivity index (χ0v) is 11.5. The van der Waals surface area contributed by atoms with E-state index in [0.717, 1.165) is 5.56 Å². The minimum atomic E-state index is -0.381. The number of halogens is 1. The Kier molecular flexibility index (Phi) is 3.83. The number of carbonyl (C=O) groups is 1. The van der Waals surface area contributed by atoms with Gasteiger partial charge in [0, 0.05) is 16.7 Å². The van der Waals surface area contributed by atoms with E-state index in [0.29, 0.717) is 29.4 Å². The van der Waals surface area contributed by atoms with Gasteiger partial charge in [0.25, 0.3) is 0 Å². The predicted octanol–water partition coefficient (Wildman–Crippen LogP) is 3.62. The molecular formula is C16H13ClO3. The first-order valence-corrected chi connectivity index (χ1v) is 6.76. The quantitative estimate of drug-likeness (QED) is 0.809. The van der Waals surface area contributed by atoms with E-state index in [1.54, 1.807) is 36.4 Å². The second-order valence-corrected chi connectivity index (χ2v) is 4.92. The van der Waals surface area contributed by atoms with Gasteiger partial charge < -0.3 is 9.47 Å². The molecule has 1 fully saturated rings. The van der Waals surface area contributed by atoms with Crippen molar-refractivity contribution in [1.29, 1.82) is 0 Å². The molecule has 0 unspecified atom stereocenters. The van der Waals surface area contributed by atoms with E-state index in [1.807, 2.05) is 12.1 Å². The topological polar surface area (TPSA) is 35.5 Å². The Labute approximate surface area is 122 Å². The summed E-state index contributed by atoms with van der Waals surface area (Å²) in [5.41, 5.74) is 1.93. The number of benzene rings is 2. The number of hydrogen-bond donors (Lipinski definition) is 0. The fourth-order valence-electron chi connectivity index (χ4n) is 2.18. The molecule has 0 spiro atoms. The Hall–Kier alpha value is -1.68. The van der Waals surface area contributed by atoms with Crippen LogP contribution in [0.5, 0.6) is 0 Å². The SMILES string of the molecule is O=C(c1cccc(C2OCCO2)c1)c1ccccc1Cl. The van der Waals surface area contributed by atoms with Gasteiger partial charge in [0.05, 0.1) is 18.2 Å². The summed E-state index contributed by atoms with van der Waals surface area (Å²) in [6.07, 6.45) is -0.381. The highest BCUT2D eigenvalue weighted by Gasteiger charge is 2.20. The third kappa shape index (κ3) is 2.61. The van der Waals surface area contributed by atoms with E-state index in [-0.39, 0.29) is 12.1 Å². The summed E-state index contributed by atoms with van der Waals surface area (Å²) in [4.78, 5) is 12.5. The largest absolute Gasteiger partial charge is 0.346 e. The van der Waals surface area contributed by atoms with Crippen LogP contribution in [0.15, 0.2) is 48.5 Å². The van der Waals surface area contributed by atoms with Gasteiger partial charge in [-0.05, 0) is 18.2 Å². The molecule has 1 heterocycles. The molecular weight excluding hydrogens is 276 g/mol. The molecule has 0 aromatic heterocycles. The van der Waals surface area contributed by atoms with Crippen LogP contribution < -0.4 is 0 Å². The summed E-state index contributed by atoms with van der Waals surface area (Å²) in [5, 5.41) is 0.455. The molecule has 0 N–H and O–H groups in total. The van der Waals surface area contributed by atoms with Crippen LogP contribution in [-0.2, 0) is 9.47 Å². The highest BCUT2D eigenvalue weighted by molar-refractivity contribution is 6.34. The third-order valence-electron chi connectivity index (χ3n) is 3.16.